The molecule has 0 spiro atoms. The maximum absolute atomic E-state index is 13.3. The first-order valence-corrected chi connectivity index (χ1v) is 14.8. The van der Waals surface area contributed by atoms with Crippen molar-refractivity contribution in [1.82, 2.24) is 10.2 Å². The zero-order valence-corrected chi connectivity index (χ0v) is 25.8. The molecule has 1 fully saturated rings. The van der Waals surface area contributed by atoms with E-state index in [0.29, 0.717) is 0 Å². The van der Waals surface area contributed by atoms with E-state index in [4.69, 9.17) is 53.8 Å². The van der Waals surface area contributed by atoms with Gasteiger partial charge in [0.15, 0.2) is 5.92 Å². The van der Waals surface area contributed by atoms with Gasteiger partial charge in [0, 0.05) is 22.6 Å². The molecule has 0 saturated carbocycles. The molecule has 12 nitrogen and oxygen atoms in total. The fourth-order valence-electron chi connectivity index (χ4n) is 4.10. The van der Waals surface area contributed by atoms with Gasteiger partial charge in [-0.1, -0.05) is 40.9 Å². The Morgan fingerprint density at radius 1 is 1.10 bits per heavy atom. The first-order chi connectivity index (χ1) is 19.3. The van der Waals surface area contributed by atoms with Gasteiger partial charge in [-0.3, -0.25) is 28.9 Å². The Morgan fingerprint density at radius 2 is 1.76 bits per heavy atom. The van der Waals surface area contributed by atoms with Crippen LogP contribution in [0.15, 0.2) is 28.8 Å². The summed E-state index contributed by atoms with van der Waals surface area (Å²) in [5, 5.41) is 2.74. The third kappa shape index (κ3) is 8.28. The van der Waals surface area contributed by atoms with Crippen LogP contribution in [0.2, 0.25) is 0 Å². The van der Waals surface area contributed by atoms with Crippen LogP contribution >= 0.6 is 57.9 Å². The van der Waals surface area contributed by atoms with Crippen molar-refractivity contribution in [2.75, 3.05) is 27.4 Å². The predicted octanol–water partition coefficient (Wildman–Crippen LogP) is 2.14. The lowest BCUT2D eigenvalue weighted by atomic mass is 9.95. The van der Waals surface area contributed by atoms with E-state index in [-0.39, 0.29) is 24.1 Å². The van der Waals surface area contributed by atoms with E-state index in [1.807, 2.05) is 5.38 Å². The van der Waals surface area contributed by atoms with Gasteiger partial charge in [0.25, 0.3) is 5.91 Å². The van der Waals surface area contributed by atoms with Crippen molar-refractivity contribution >= 4 is 93.6 Å². The molecule has 3 heterocycles. The average Bonchev–Trinajstić information content (AvgIpc) is 3.43. The van der Waals surface area contributed by atoms with Crippen molar-refractivity contribution in [2.45, 2.75) is 40.2 Å². The Balaban J connectivity index is 2.01. The Morgan fingerprint density at radius 3 is 2.29 bits per heavy atom. The molecule has 1 aromatic heterocycles. The molecule has 3 atom stereocenters. The molecule has 0 bridgehead atoms. The van der Waals surface area contributed by atoms with Crippen LogP contribution in [0.5, 0.6) is 0 Å². The van der Waals surface area contributed by atoms with Gasteiger partial charge in [-0.25, -0.2) is 4.79 Å². The molecule has 0 aliphatic carbocycles. The summed E-state index contributed by atoms with van der Waals surface area (Å²) in [6, 6.07) is 2.50. The Kier molecular flexibility index (Phi) is 11.3. The second-order valence-electron chi connectivity index (χ2n) is 8.70. The lowest BCUT2D eigenvalue weighted by molar-refractivity contribution is -0.159. The molecule has 0 radical (unpaired) electrons. The molecule has 2 aliphatic rings. The summed E-state index contributed by atoms with van der Waals surface area (Å²) in [4.78, 5) is 77.8. The topological polar surface area (TPSA) is 155 Å². The van der Waals surface area contributed by atoms with Gasteiger partial charge < -0.3 is 24.3 Å². The number of nitrogens with zero attached hydrogens (tertiary/aromatic N) is 1. The molecular weight excluding hydrogens is 647 g/mol. The van der Waals surface area contributed by atoms with Gasteiger partial charge in [-0.05, 0) is 17.9 Å². The third-order valence-corrected chi connectivity index (χ3v) is 8.70. The first kappa shape index (κ1) is 33.0. The van der Waals surface area contributed by atoms with Crippen LogP contribution in [0.1, 0.15) is 18.2 Å². The number of alkyl halides is 3. The molecular formula is C24H25Cl3N2O10S2. The number of ether oxygens (including phenoxy) is 4. The smallest absolute Gasteiger partial charge is 0.355 e. The van der Waals surface area contributed by atoms with E-state index in [9.17, 15) is 28.8 Å². The van der Waals surface area contributed by atoms with E-state index < -0.39 is 75.3 Å². The standard InChI is InChI=1S/C24H25Cl3N2O10S2/c1-11(30)38-9-14-15(8-13(21(33)36-2)22(34)37-3)41-20-17(28-16(31)7-12-5-4-6-40-12)19(32)29(20)18(14)23(35)39-10-24(25,26)27/h4-6,13,15,17,20H,7-10H2,1-3H3,(H,28,31)/t15?,17?,20-/m0/s1. The van der Waals surface area contributed by atoms with E-state index in [2.05, 4.69) is 5.32 Å². The number of fused-ring (bicyclic) bond motifs is 1. The summed E-state index contributed by atoms with van der Waals surface area (Å²) in [5.74, 6) is -6.10. The minimum atomic E-state index is -1.98. The van der Waals surface area contributed by atoms with Crippen molar-refractivity contribution in [1.29, 1.82) is 0 Å². The van der Waals surface area contributed by atoms with E-state index >= 15 is 0 Å². The van der Waals surface area contributed by atoms with Crippen LogP contribution in [0, 0.1) is 5.92 Å². The molecule has 1 saturated heterocycles. The zero-order chi connectivity index (χ0) is 30.5. The molecule has 3 rings (SSSR count). The molecule has 41 heavy (non-hydrogen) atoms. The zero-order valence-electron chi connectivity index (χ0n) is 21.8. The number of halogens is 3. The second-order valence-corrected chi connectivity index (χ2v) is 13.6. The quantitative estimate of drug-likeness (QED) is 0.121. The number of thiophene rings is 1. The number of carbonyl (C=O) groups is 6. The summed E-state index contributed by atoms with van der Waals surface area (Å²) in [6.07, 6.45) is -0.239. The highest BCUT2D eigenvalue weighted by Gasteiger charge is 2.57. The van der Waals surface area contributed by atoms with Crippen molar-refractivity contribution in [3.63, 3.8) is 0 Å². The minimum absolute atomic E-state index is 0.0285. The molecule has 0 aromatic carbocycles. The number of amides is 2. The summed E-state index contributed by atoms with van der Waals surface area (Å²) in [5.41, 5.74) is -0.262. The number of thioether (sulfide) groups is 1. The summed E-state index contributed by atoms with van der Waals surface area (Å²) >= 11 is 19.7. The summed E-state index contributed by atoms with van der Waals surface area (Å²) in [6.45, 7) is -0.0414. The van der Waals surface area contributed by atoms with Crippen LogP contribution < -0.4 is 5.32 Å². The molecule has 2 aliphatic heterocycles. The van der Waals surface area contributed by atoms with Crippen molar-refractivity contribution in [3.8, 4) is 0 Å². The Hall–Kier alpha value is -2.52. The lowest BCUT2D eigenvalue weighted by Crippen LogP contribution is -2.71. The number of β-lactam (4-membered cyclic amide) rings is 1. The monoisotopic (exact) mass is 670 g/mol. The highest BCUT2D eigenvalue weighted by atomic mass is 35.6. The predicted molar refractivity (Wildman–Crippen MR) is 149 cm³/mol. The molecule has 1 aromatic rings. The Bertz CT molecular complexity index is 1220. The lowest BCUT2D eigenvalue weighted by Gasteiger charge is -2.51. The van der Waals surface area contributed by atoms with Crippen molar-refractivity contribution in [3.05, 3.63) is 33.7 Å². The third-order valence-electron chi connectivity index (χ3n) is 5.92. The second kappa shape index (κ2) is 14.1. The van der Waals surface area contributed by atoms with E-state index in [1.165, 1.54) is 11.3 Å². The van der Waals surface area contributed by atoms with Crippen LogP contribution in [0.3, 0.4) is 0 Å². The maximum atomic E-state index is 13.3. The SMILES string of the molecule is COC(=O)C(CC1S[C@H]2C(NC(=O)Cc3cccs3)C(=O)N2C(C(=O)OCC(Cl)(Cl)Cl)=C1COC(C)=O)C(=O)OC. The fraction of sp³-hybridized carbons (Fsp3) is 0.500. The largest absolute Gasteiger partial charge is 0.468 e. The van der Waals surface area contributed by atoms with Crippen LogP contribution in [0.25, 0.3) is 0 Å². The van der Waals surface area contributed by atoms with E-state index in [1.54, 1.807) is 12.1 Å². The maximum Gasteiger partial charge on any atom is 0.355 e. The molecule has 2 amide bonds. The van der Waals surface area contributed by atoms with Gasteiger partial charge in [0.05, 0.1) is 20.6 Å². The number of esters is 4. The molecule has 2 unspecified atom stereocenters. The van der Waals surface area contributed by atoms with E-state index in [0.717, 1.165) is 42.7 Å². The minimum Gasteiger partial charge on any atom is -0.468 e. The number of hydrogen-bond acceptors (Lipinski definition) is 12. The summed E-state index contributed by atoms with van der Waals surface area (Å²) < 4.78 is 17.8. The number of hydrogen-bond donors (Lipinski definition) is 1. The molecule has 17 heteroatoms. The first-order valence-electron chi connectivity index (χ1n) is 11.8. The highest BCUT2D eigenvalue weighted by molar-refractivity contribution is 8.00. The normalized spacial score (nSPS) is 20.1. The van der Waals surface area contributed by atoms with Crippen LogP contribution in [-0.2, 0) is 54.1 Å². The molecule has 224 valence electrons. The van der Waals surface area contributed by atoms with Gasteiger partial charge in [0.1, 0.15) is 30.3 Å². The Labute approximate surface area is 257 Å². The highest BCUT2D eigenvalue weighted by Crippen LogP contribution is 2.47. The van der Waals surface area contributed by atoms with Gasteiger partial charge in [-0.15, -0.1) is 23.1 Å². The number of nitrogens with one attached hydrogen (secondary N) is 1. The van der Waals surface area contributed by atoms with Gasteiger partial charge in [0.2, 0.25) is 9.70 Å². The summed E-state index contributed by atoms with van der Waals surface area (Å²) in [7, 11) is 2.18. The number of carbonyl (C=O) groups excluding carboxylic acids is 6. The van der Waals surface area contributed by atoms with Crippen LogP contribution in [-0.4, -0.2) is 88.5 Å². The number of methoxy groups -OCH3 is 2. The van der Waals surface area contributed by atoms with Crippen LogP contribution in [0.4, 0.5) is 0 Å². The fourth-order valence-corrected chi connectivity index (χ4v) is 6.62. The van der Waals surface area contributed by atoms with Crippen molar-refractivity contribution < 1.29 is 47.7 Å². The average molecular weight is 672 g/mol. The van der Waals surface area contributed by atoms with Crippen molar-refractivity contribution in [2.24, 2.45) is 5.92 Å². The molecule has 1 N–H and O–H groups in total. The van der Waals surface area contributed by atoms with Gasteiger partial charge in [-0.2, -0.15) is 0 Å². The number of rotatable bonds is 11. The van der Waals surface area contributed by atoms with Gasteiger partial charge >= 0.3 is 23.9 Å².